The van der Waals surface area contributed by atoms with Gasteiger partial charge in [0.15, 0.2) is 12.5 Å². The second-order valence-electron chi connectivity index (χ2n) is 29.9. The van der Waals surface area contributed by atoms with E-state index in [4.69, 9.17) is 56.8 Å². The average molecular weight is 1660 g/mol. The minimum Gasteiger partial charge on any atom is -0.494 e. The summed E-state index contributed by atoms with van der Waals surface area (Å²) in [6.07, 6.45) is 15.3. The predicted octanol–water partition coefficient (Wildman–Crippen LogP) is 24.7. The fraction of sp³-hybridized carbons (Fsp3) is 0.350. The minimum atomic E-state index is -1.31. The number of nitrogens with one attached hydrogen (secondary N) is 2. The number of ether oxygens (including phenoxy) is 5. The van der Waals surface area contributed by atoms with Gasteiger partial charge in [0.25, 0.3) is 0 Å². The molecule has 0 fully saturated rings. The van der Waals surface area contributed by atoms with Crippen molar-refractivity contribution in [3.63, 3.8) is 0 Å². The molecule has 0 bridgehead atoms. The molecule has 122 heavy (non-hydrogen) atoms. The van der Waals surface area contributed by atoms with Gasteiger partial charge in [-0.05, 0) is 306 Å². The van der Waals surface area contributed by atoms with E-state index in [0.29, 0.717) is 84.4 Å². The average Bonchev–Trinajstić information content (AvgIpc) is 0.823. The van der Waals surface area contributed by atoms with E-state index in [0.717, 1.165) is 120 Å². The predicted molar refractivity (Wildman–Crippen MR) is 495 cm³/mol. The number of benzene rings is 10. The number of aryl methyl sites for hydroxylation is 8. The number of carboxylic acid groups (broad SMARTS) is 2. The van der Waals surface area contributed by atoms with Gasteiger partial charge in [0.05, 0.1) is 47.1 Å². The highest BCUT2D eigenvalue weighted by atomic mass is 16.5. The zero-order valence-corrected chi connectivity index (χ0v) is 73.7. The van der Waals surface area contributed by atoms with E-state index in [1.807, 2.05) is 43.4 Å². The standard InChI is InChI=1S/C49H59N5O5.C26H25N3O7.C17H22N2.C5H12.C3H8/c1-7-36-25-34(26-37(8-2)48(36)51-6)24-35-27-38(9-3)49(39(10-4)28-35)52-32-58-45-29-40(33(5)55)30-46(31-45)59-47(56)14-12-11-13-23-57-44-21-19-43(20-22-44)54-53-42-17-15-41(50)16-18-42;27-19-5-7-20(8-6-19)28-29-21-9-11-22(12-10-21)35-13-3-1-2-4-24(30)36-23-15-17(25(31)32)14-18(16-23)26(33)34;1-10-5-14(6-11(2)16(10)18)9-15-7-12(3)17(19)13(4)8-15;1-3-5-4-2;1-3-2/h15-22,25-31,51-52H,7-14,23-24,32,50H2,1-6H3;5-12,14-16H,1-4,13,27H2,(H,31,32)(H,33,34);5-8H,9,18-19H2,1-4H3;3-5H2,1-2H3;3H2,1-2H3. The van der Waals surface area contributed by atoms with Crippen molar-refractivity contribution in [2.24, 2.45) is 20.5 Å². The van der Waals surface area contributed by atoms with Gasteiger partial charge in [-0.15, -0.1) is 0 Å². The number of ketones is 1. The van der Waals surface area contributed by atoms with Gasteiger partial charge < -0.3 is 67.5 Å². The number of unbranched alkanes of at least 4 members (excludes halogenated alkanes) is 6. The third-order valence-electron chi connectivity index (χ3n) is 19.6. The number of nitrogen functional groups attached to an aromatic ring is 4. The monoisotopic (exact) mass is 1660 g/mol. The molecule has 0 aliphatic heterocycles. The molecule has 0 aromatic heterocycles. The quantitative estimate of drug-likeness (QED) is 0.00339. The van der Waals surface area contributed by atoms with E-state index in [1.54, 1.807) is 78.9 Å². The number of carbonyl (C=O) groups is 5. The van der Waals surface area contributed by atoms with Crippen LogP contribution in [0.1, 0.15) is 237 Å². The smallest absolute Gasteiger partial charge is 0.335 e. The Hall–Kier alpha value is -12.9. The van der Waals surface area contributed by atoms with Gasteiger partial charge in [-0.3, -0.25) is 14.4 Å². The summed E-state index contributed by atoms with van der Waals surface area (Å²) in [5, 5.41) is 41.9. The molecule has 22 nitrogen and oxygen atoms in total. The molecular formula is C100H126N10O12. The first-order chi connectivity index (χ1) is 58.6. The summed E-state index contributed by atoms with van der Waals surface area (Å²) in [6, 6.07) is 54.9. The molecule has 0 saturated carbocycles. The number of hydrogen-bond donors (Lipinski definition) is 8. The van der Waals surface area contributed by atoms with Gasteiger partial charge in [-0.25, -0.2) is 9.59 Å². The molecule has 10 rings (SSSR count). The summed E-state index contributed by atoms with van der Waals surface area (Å²) in [7, 11) is 2.00. The molecule has 0 unspecified atom stereocenters. The van der Waals surface area contributed by atoms with Crippen molar-refractivity contribution in [2.45, 2.75) is 206 Å². The fourth-order valence-corrected chi connectivity index (χ4v) is 13.1. The van der Waals surface area contributed by atoms with Crippen LogP contribution in [0, 0.1) is 27.7 Å². The fourth-order valence-electron chi connectivity index (χ4n) is 13.1. The maximum atomic E-state index is 12.8. The van der Waals surface area contributed by atoms with Crippen LogP contribution in [0.4, 0.5) is 56.9 Å². The third kappa shape index (κ3) is 33.7. The van der Waals surface area contributed by atoms with Gasteiger partial charge >= 0.3 is 23.9 Å². The first kappa shape index (κ1) is 98.0. The molecule has 10 aromatic carbocycles. The molecule has 22 heteroatoms. The van der Waals surface area contributed by atoms with Crippen molar-refractivity contribution in [3.8, 4) is 28.7 Å². The normalized spacial score (nSPS) is 10.7. The van der Waals surface area contributed by atoms with Crippen molar-refractivity contribution in [1.29, 1.82) is 0 Å². The van der Waals surface area contributed by atoms with E-state index < -0.39 is 17.9 Å². The molecule has 0 spiro atoms. The van der Waals surface area contributed by atoms with E-state index >= 15 is 0 Å². The highest BCUT2D eigenvalue weighted by Gasteiger charge is 2.18. The second kappa shape index (κ2) is 52.3. The number of carbonyl (C=O) groups excluding carboxylic acids is 3. The SMILES string of the molecule is CCC.CCCCC.CCc1cc(Cc2cc(CC)c(NCOc3cc(OC(=O)CCCCCOc4ccc(N=Nc5ccc(N)cc5)cc4)cc(C(C)=O)c3)c(CC)c2)cc(CC)c1NC.Cc1cc(Cc2cc(C)c(N)c(C)c2)cc(C)c1N.Nc1ccc(N=Nc2ccc(OCCCCCC(=O)Oc3cc(C(=O)O)cc(C(=O)O)c3)cc2)cc1. The van der Waals surface area contributed by atoms with Crippen LogP contribution in [0.3, 0.4) is 0 Å². The minimum absolute atomic E-state index is 0.105. The number of esters is 2. The Bertz CT molecular complexity index is 4880. The van der Waals surface area contributed by atoms with Crippen LogP contribution in [0.2, 0.25) is 0 Å². The highest BCUT2D eigenvalue weighted by molar-refractivity contribution is 5.96. The summed E-state index contributed by atoms with van der Waals surface area (Å²) >= 11 is 0. The molecule has 12 N–H and O–H groups in total. The Labute approximate surface area is 721 Å². The topological polar surface area (TPSA) is 350 Å². The van der Waals surface area contributed by atoms with Gasteiger partial charge in [-0.1, -0.05) is 130 Å². The lowest BCUT2D eigenvalue weighted by molar-refractivity contribution is -0.135. The van der Waals surface area contributed by atoms with Crippen LogP contribution in [0.15, 0.2) is 202 Å². The Morgan fingerprint density at radius 3 is 1.02 bits per heavy atom. The van der Waals surface area contributed by atoms with E-state index in [1.165, 1.54) is 82.8 Å². The van der Waals surface area contributed by atoms with Crippen LogP contribution in [0.25, 0.3) is 0 Å². The Kier molecular flexibility index (Phi) is 42.0. The number of aromatic carboxylic acids is 2. The lowest BCUT2D eigenvalue weighted by atomic mass is 9.92. The van der Waals surface area contributed by atoms with Gasteiger partial charge in [0.1, 0.15) is 28.7 Å². The molecule has 0 heterocycles. The number of azo groups is 2. The first-order valence-electron chi connectivity index (χ1n) is 42.4. The van der Waals surface area contributed by atoms with Crippen LogP contribution in [-0.2, 0) is 48.1 Å². The van der Waals surface area contributed by atoms with E-state index in [-0.39, 0.29) is 54.0 Å². The zero-order valence-electron chi connectivity index (χ0n) is 73.7. The summed E-state index contributed by atoms with van der Waals surface area (Å²) in [5.41, 5.74) is 46.5. The van der Waals surface area contributed by atoms with Crippen molar-refractivity contribution in [1.82, 2.24) is 0 Å². The van der Waals surface area contributed by atoms with Crippen LogP contribution >= 0.6 is 0 Å². The maximum absolute atomic E-state index is 12.8. The molecule has 0 radical (unpaired) electrons. The summed E-state index contributed by atoms with van der Waals surface area (Å²) in [6.45, 7) is 28.3. The molecule has 0 amide bonds. The lowest BCUT2D eigenvalue weighted by Crippen LogP contribution is -2.13. The van der Waals surface area contributed by atoms with Crippen LogP contribution in [-0.4, -0.2) is 66.9 Å². The van der Waals surface area contributed by atoms with Crippen molar-refractivity contribution in [3.05, 3.63) is 265 Å². The van der Waals surface area contributed by atoms with Gasteiger partial charge in [0.2, 0.25) is 0 Å². The number of carboxylic acids is 2. The second-order valence-corrected chi connectivity index (χ2v) is 29.9. The first-order valence-corrected chi connectivity index (χ1v) is 42.4. The van der Waals surface area contributed by atoms with Crippen molar-refractivity contribution in [2.75, 3.05) is 60.6 Å². The number of rotatable bonds is 38. The zero-order chi connectivity index (χ0) is 89.0. The highest BCUT2D eigenvalue weighted by Crippen LogP contribution is 2.33. The molecule has 0 saturated heterocycles. The Balaban J connectivity index is 0.000000306. The van der Waals surface area contributed by atoms with Crippen molar-refractivity contribution < 1.29 is 57.9 Å². The Morgan fingerprint density at radius 2 is 0.697 bits per heavy atom. The number of Topliss-reactive ketones (excluding diaryl/α,β-unsaturated/α-hetero) is 1. The molecule has 10 aromatic rings. The number of nitrogens with zero attached hydrogens (tertiary/aromatic N) is 4. The van der Waals surface area contributed by atoms with Gasteiger partial charge in [0, 0.05) is 65.6 Å². The van der Waals surface area contributed by atoms with Crippen molar-refractivity contribution >= 4 is 86.5 Å². The number of nitrogens with two attached hydrogens (primary N) is 4. The van der Waals surface area contributed by atoms with E-state index in [9.17, 15) is 24.0 Å². The number of anilines is 6. The molecular weight excluding hydrogens is 1530 g/mol. The molecule has 0 aliphatic rings. The number of hydrogen-bond acceptors (Lipinski definition) is 20. The largest absolute Gasteiger partial charge is 0.494 e. The molecule has 0 aliphatic carbocycles. The lowest BCUT2D eigenvalue weighted by Gasteiger charge is -2.19. The maximum Gasteiger partial charge on any atom is 0.335 e. The summed E-state index contributed by atoms with van der Waals surface area (Å²) in [4.78, 5) is 59.5. The summed E-state index contributed by atoms with van der Waals surface area (Å²) in [5.74, 6) is -1.67. The van der Waals surface area contributed by atoms with E-state index in [2.05, 4.69) is 163 Å². The Morgan fingerprint density at radius 1 is 0.369 bits per heavy atom. The van der Waals surface area contributed by atoms with Gasteiger partial charge in [-0.2, -0.15) is 20.5 Å². The third-order valence-corrected chi connectivity index (χ3v) is 19.6. The molecule has 0 atom stereocenters. The van der Waals surface area contributed by atoms with Crippen LogP contribution < -0.4 is 57.3 Å². The van der Waals surface area contributed by atoms with Crippen LogP contribution in [0.5, 0.6) is 28.7 Å². The molecule has 648 valence electrons. The summed E-state index contributed by atoms with van der Waals surface area (Å²) < 4.78 is 28.5.